The molecule has 4 N–H and O–H groups in total. The number of nitrogens with zero attached hydrogens (tertiary/aromatic N) is 2. The van der Waals surface area contributed by atoms with E-state index in [-0.39, 0.29) is 6.54 Å². The van der Waals surface area contributed by atoms with Crippen molar-refractivity contribution < 1.29 is 4.79 Å². The Labute approximate surface area is 86.7 Å². The molecule has 0 unspecified atom stereocenters. The molecule has 0 aliphatic rings. The van der Waals surface area contributed by atoms with E-state index in [2.05, 4.69) is 4.98 Å². The molecule has 76 valence electrons. The lowest BCUT2D eigenvalue weighted by atomic mass is 10.3. The van der Waals surface area contributed by atoms with Gasteiger partial charge in [0.05, 0.1) is 12.2 Å². The molecule has 6 heteroatoms. The molecule has 1 rings (SSSR count). The zero-order chi connectivity index (χ0) is 10.7. The van der Waals surface area contributed by atoms with Gasteiger partial charge >= 0.3 is 0 Å². The molecule has 0 bridgehead atoms. The number of primary amides is 1. The van der Waals surface area contributed by atoms with Crippen LogP contribution in [0.4, 0.5) is 11.5 Å². The van der Waals surface area contributed by atoms with Crippen molar-refractivity contribution >= 4 is 29.0 Å². The maximum atomic E-state index is 10.7. The van der Waals surface area contributed by atoms with Crippen LogP contribution in [0.1, 0.15) is 0 Å². The van der Waals surface area contributed by atoms with Gasteiger partial charge in [-0.2, -0.15) is 0 Å². The highest BCUT2D eigenvalue weighted by Gasteiger charge is 2.09. The smallest absolute Gasteiger partial charge is 0.236 e. The Morgan fingerprint density at radius 1 is 1.64 bits per heavy atom. The van der Waals surface area contributed by atoms with Crippen LogP contribution < -0.4 is 16.4 Å². The quantitative estimate of drug-likeness (QED) is 0.706. The fourth-order valence-corrected chi connectivity index (χ4v) is 1.19. The van der Waals surface area contributed by atoms with Crippen molar-refractivity contribution in [1.82, 2.24) is 4.98 Å². The molecule has 0 fully saturated rings. The Bertz CT molecular complexity index is 355. The number of carbonyl (C=O) groups is 1. The monoisotopic (exact) mass is 214 g/mol. The third-order valence-corrected chi connectivity index (χ3v) is 1.84. The molecule has 0 saturated heterocycles. The minimum atomic E-state index is -0.450. The molecule has 5 nitrogen and oxygen atoms in total. The molecular formula is C8H11ClN4O. The van der Waals surface area contributed by atoms with Crippen LogP contribution in [-0.2, 0) is 4.79 Å². The van der Waals surface area contributed by atoms with Crippen LogP contribution in [0.5, 0.6) is 0 Å². The van der Waals surface area contributed by atoms with Crippen molar-refractivity contribution in [2.75, 3.05) is 24.2 Å². The number of rotatable bonds is 3. The van der Waals surface area contributed by atoms with E-state index in [4.69, 9.17) is 23.1 Å². The Balaban J connectivity index is 2.93. The topological polar surface area (TPSA) is 85.2 Å². The first-order valence-corrected chi connectivity index (χ1v) is 4.30. The van der Waals surface area contributed by atoms with Crippen molar-refractivity contribution in [3.63, 3.8) is 0 Å². The van der Waals surface area contributed by atoms with Gasteiger partial charge in [0.15, 0.2) is 5.82 Å². The van der Waals surface area contributed by atoms with Gasteiger partial charge in [0, 0.05) is 7.05 Å². The minimum absolute atomic E-state index is 0.0531. The van der Waals surface area contributed by atoms with Crippen LogP contribution in [0.3, 0.4) is 0 Å². The second-order valence-electron chi connectivity index (χ2n) is 2.87. The van der Waals surface area contributed by atoms with Crippen molar-refractivity contribution in [2.24, 2.45) is 5.73 Å². The minimum Gasteiger partial charge on any atom is -0.396 e. The second-order valence-corrected chi connectivity index (χ2v) is 3.26. The third-order valence-electron chi connectivity index (χ3n) is 1.63. The molecule has 0 aliphatic carbocycles. The normalized spacial score (nSPS) is 9.86. The molecule has 1 amide bonds. The summed E-state index contributed by atoms with van der Waals surface area (Å²) in [6.45, 7) is 0.0531. The van der Waals surface area contributed by atoms with E-state index in [0.29, 0.717) is 16.7 Å². The summed E-state index contributed by atoms with van der Waals surface area (Å²) in [7, 11) is 1.67. The molecule has 0 aliphatic heterocycles. The summed E-state index contributed by atoms with van der Waals surface area (Å²) in [5.41, 5.74) is 11.1. The number of aromatic nitrogens is 1. The number of pyridine rings is 1. The highest BCUT2D eigenvalue weighted by molar-refractivity contribution is 6.29. The van der Waals surface area contributed by atoms with Crippen LogP contribution >= 0.6 is 11.6 Å². The van der Waals surface area contributed by atoms with Crippen molar-refractivity contribution in [3.8, 4) is 0 Å². The maximum absolute atomic E-state index is 10.7. The van der Waals surface area contributed by atoms with E-state index in [1.807, 2.05) is 0 Å². The highest BCUT2D eigenvalue weighted by atomic mass is 35.5. The van der Waals surface area contributed by atoms with Gasteiger partial charge in [0.25, 0.3) is 0 Å². The van der Waals surface area contributed by atoms with E-state index < -0.39 is 5.91 Å². The second kappa shape index (κ2) is 4.15. The van der Waals surface area contributed by atoms with Crippen LogP contribution in [0, 0.1) is 0 Å². The van der Waals surface area contributed by atoms with Gasteiger partial charge in [-0.1, -0.05) is 11.6 Å². The first-order valence-electron chi connectivity index (χ1n) is 3.92. The fraction of sp³-hybridized carbons (Fsp3) is 0.250. The number of amides is 1. The molecule has 1 heterocycles. The predicted octanol–water partition coefficient (Wildman–Crippen LogP) is 0.239. The molecule has 14 heavy (non-hydrogen) atoms. The highest BCUT2D eigenvalue weighted by Crippen LogP contribution is 2.21. The van der Waals surface area contributed by atoms with Gasteiger partial charge in [0.1, 0.15) is 5.15 Å². The zero-order valence-electron chi connectivity index (χ0n) is 7.70. The predicted molar refractivity (Wildman–Crippen MR) is 56.1 cm³/mol. The van der Waals surface area contributed by atoms with Gasteiger partial charge in [-0.3, -0.25) is 4.79 Å². The van der Waals surface area contributed by atoms with Gasteiger partial charge in [-0.25, -0.2) is 4.98 Å². The lowest BCUT2D eigenvalue weighted by Gasteiger charge is -2.17. The lowest BCUT2D eigenvalue weighted by molar-refractivity contribution is -0.116. The number of nitrogen functional groups attached to an aromatic ring is 1. The fourth-order valence-electron chi connectivity index (χ4n) is 1.05. The largest absolute Gasteiger partial charge is 0.396 e. The van der Waals surface area contributed by atoms with Gasteiger partial charge in [-0.05, 0) is 12.1 Å². The molecule has 1 aromatic heterocycles. The van der Waals surface area contributed by atoms with Crippen LogP contribution in [0.15, 0.2) is 12.1 Å². The first kappa shape index (κ1) is 10.6. The summed E-state index contributed by atoms with van der Waals surface area (Å²) < 4.78 is 0. The molecule has 0 radical (unpaired) electrons. The average molecular weight is 215 g/mol. The van der Waals surface area contributed by atoms with E-state index in [9.17, 15) is 4.79 Å². The average Bonchev–Trinajstić information content (AvgIpc) is 2.08. The Kier molecular flexibility index (Phi) is 3.14. The number of hydrogen-bond acceptors (Lipinski definition) is 4. The summed E-state index contributed by atoms with van der Waals surface area (Å²) in [4.78, 5) is 16.2. The Morgan fingerprint density at radius 3 is 2.86 bits per heavy atom. The van der Waals surface area contributed by atoms with Crippen LogP contribution in [0.2, 0.25) is 5.15 Å². The summed E-state index contributed by atoms with van der Waals surface area (Å²) in [5, 5.41) is 0.325. The van der Waals surface area contributed by atoms with Gasteiger partial charge < -0.3 is 16.4 Å². The maximum Gasteiger partial charge on any atom is 0.236 e. The summed E-state index contributed by atoms with van der Waals surface area (Å²) in [6, 6.07) is 3.21. The zero-order valence-corrected chi connectivity index (χ0v) is 8.45. The number of halogens is 1. The molecule has 0 saturated carbocycles. The molecular weight excluding hydrogens is 204 g/mol. The number of hydrogen-bond donors (Lipinski definition) is 2. The molecule has 0 aromatic carbocycles. The first-order chi connectivity index (χ1) is 6.50. The summed E-state index contributed by atoms with van der Waals surface area (Å²) in [5.74, 6) is 0.00461. The summed E-state index contributed by atoms with van der Waals surface area (Å²) >= 11 is 5.69. The molecule has 0 atom stereocenters. The van der Waals surface area contributed by atoms with E-state index in [0.717, 1.165) is 0 Å². The van der Waals surface area contributed by atoms with Crippen molar-refractivity contribution in [2.45, 2.75) is 0 Å². The van der Waals surface area contributed by atoms with Crippen LogP contribution in [-0.4, -0.2) is 24.5 Å². The van der Waals surface area contributed by atoms with E-state index in [1.54, 1.807) is 24.1 Å². The Hall–Kier alpha value is -1.49. The lowest BCUT2D eigenvalue weighted by Crippen LogP contribution is -2.31. The Morgan fingerprint density at radius 2 is 2.29 bits per heavy atom. The van der Waals surface area contributed by atoms with Crippen LogP contribution in [0.25, 0.3) is 0 Å². The molecule has 1 aromatic rings. The summed E-state index contributed by atoms with van der Waals surface area (Å²) in [6.07, 6.45) is 0. The number of likely N-dealkylation sites (N-methyl/N-ethyl adjacent to an activating group) is 1. The van der Waals surface area contributed by atoms with Crippen molar-refractivity contribution in [1.29, 1.82) is 0 Å². The van der Waals surface area contributed by atoms with E-state index >= 15 is 0 Å². The number of anilines is 2. The van der Waals surface area contributed by atoms with Gasteiger partial charge in [0.2, 0.25) is 5.91 Å². The number of carbonyl (C=O) groups excluding carboxylic acids is 1. The molecule has 0 spiro atoms. The standard InChI is InChI=1S/C8H11ClN4O/c1-13(4-7(11)14)8-5(10)2-3-6(9)12-8/h2-3H,4,10H2,1H3,(H2,11,14). The van der Waals surface area contributed by atoms with E-state index in [1.165, 1.54) is 0 Å². The third kappa shape index (κ3) is 2.50. The number of nitrogens with two attached hydrogens (primary N) is 2. The SMILES string of the molecule is CN(CC(N)=O)c1nc(Cl)ccc1N. The van der Waals surface area contributed by atoms with Gasteiger partial charge in [-0.15, -0.1) is 0 Å². The van der Waals surface area contributed by atoms with Crippen molar-refractivity contribution in [3.05, 3.63) is 17.3 Å².